The van der Waals surface area contributed by atoms with E-state index in [2.05, 4.69) is 10.2 Å². The lowest BCUT2D eigenvalue weighted by Crippen LogP contribution is -2.29. The van der Waals surface area contributed by atoms with E-state index in [0.717, 1.165) is 28.4 Å². The van der Waals surface area contributed by atoms with Crippen LogP contribution in [-0.2, 0) is 9.59 Å². The quantitative estimate of drug-likeness (QED) is 0.397. The standard InChI is InChI=1S/C19H11ClFN3O3S/c20-13-4-2-1-3-12(13)15-14(16(25)10-5-7-11(21)8-6-10)17(26)18(27)24(15)19-23-22-9-28-19/h1-9,15,25H/b16-14-. The SMILES string of the molecule is O=C1C(=O)N(c2nncs2)C(c2ccccc2Cl)/C1=C(/O)c1ccc(F)cc1. The molecule has 1 aliphatic rings. The number of hydrogen-bond acceptors (Lipinski definition) is 6. The second-order valence-electron chi connectivity index (χ2n) is 5.92. The van der Waals surface area contributed by atoms with Crippen molar-refractivity contribution in [2.24, 2.45) is 0 Å². The number of benzene rings is 2. The maximum Gasteiger partial charge on any atom is 0.301 e. The summed E-state index contributed by atoms with van der Waals surface area (Å²) in [6, 6.07) is 10.7. The predicted molar refractivity (Wildman–Crippen MR) is 103 cm³/mol. The zero-order chi connectivity index (χ0) is 19.8. The lowest BCUT2D eigenvalue weighted by molar-refractivity contribution is -0.132. The van der Waals surface area contributed by atoms with Crippen LogP contribution in [0.4, 0.5) is 9.52 Å². The number of aliphatic hydroxyl groups is 1. The fraction of sp³-hybridized carbons (Fsp3) is 0.0526. The van der Waals surface area contributed by atoms with Crippen molar-refractivity contribution in [3.63, 3.8) is 0 Å². The molecule has 1 N–H and O–H groups in total. The summed E-state index contributed by atoms with van der Waals surface area (Å²) in [5, 5.41) is 18.9. The molecule has 0 bridgehead atoms. The van der Waals surface area contributed by atoms with Crippen LogP contribution in [0.3, 0.4) is 0 Å². The lowest BCUT2D eigenvalue weighted by Gasteiger charge is -2.23. The molecule has 0 radical (unpaired) electrons. The third-order valence-electron chi connectivity index (χ3n) is 4.32. The van der Waals surface area contributed by atoms with Gasteiger partial charge in [-0.05, 0) is 35.9 Å². The van der Waals surface area contributed by atoms with Gasteiger partial charge in [-0.25, -0.2) is 4.39 Å². The number of ketones is 1. The molecular weight excluding hydrogens is 405 g/mol. The molecule has 1 amide bonds. The minimum atomic E-state index is -0.994. The highest BCUT2D eigenvalue weighted by molar-refractivity contribution is 7.13. The summed E-state index contributed by atoms with van der Waals surface area (Å²) in [4.78, 5) is 26.7. The van der Waals surface area contributed by atoms with E-state index < -0.39 is 29.3 Å². The smallest absolute Gasteiger partial charge is 0.301 e. The summed E-state index contributed by atoms with van der Waals surface area (Å²) in [5.41, 5.74) is 1.93. The van der Waals surface area contributed by atoms with Gasteiger partial charge in [0.2, 0.25) is 5.13 Å². The molecule has 140 valence electrons. The third kappa shape index (κ3) is 2.96. The molecule has 2 heterocycles. The van der Waals surface area contributed by atoms with Crippen molar-refractivity contribution >= 4 is 45.5 Å². The summed E-state index contributed by atoms with van der Waals surface area (Å²) in [5.74, 6) is -2.66. The largest absolute Gasteiger partial charge is 0.507 e. The third-order valence-corrected chi connectivity index (χ3v) is 5.35. The average molecular weight is 416 g/mol. The number of aliphatic hydroxyl groups excluding tert-OH is 1. The molecule has 1 aliphatic heterocycles. The Balaban J connectivity index is 1.96. The minimum Gasteiger partial charge on any atom is -0.507 e. The minimum absolute atomic E-state index is 0.153. The van der Waals surface area contributed by atoms with Gasteiger partial charge in [0.15, 0.2) is 0 Å². The molecule has 1 aromatic heterocycles. The van der Waals surface area contributed by atoms with Gasteiger partial charge in [-0.3, -0.25) is 14.5 Å². The fourth-order valence-electron chi connectivity index (χ4n) is 3.06. The molecule has 9 heteroatoms. The summed E-state index contributed by atoms with van der Waals surface area (Å²) < 4.78 is 13.3. The van der Waals surface area contributed by atoms with Crippen molar-refractivity contribution in [3.05, 3.63) is 81.6 Å². The average Bonchev–Trinajstić information content (AvgIpc) is 3.30. The van der Waals surface area contributed by atoms with Crippen molar-refractivity contribution in [2.75, 3.05) is 4.90 Å². The van der Waals surface area contributed by atoms with Crippen LogP contribution in [0.25, 0.3) is 5.76 Å². The Morgan fingerprint density at radius 1 is 1.14 bits per heavy atom. The summed E-state index contributed by atoms with van der Waals surface area (Å²) >= 11 is 7.40. The Kier molecular flexibility index (Phi) is 4.66. The first-order valence-electron chi connectivity index (χ1n) is 8.06. The number of hydrogen-bond donors (Lipinski definition) is 1. The highest BCUT2D eigenvalue weighted by Crippen LogP contribution is 2.44. The first-order chi connectivity index (χ1) is 13.5. The van der Waals surface area contributed by atoms with Crippen molar-refractivity contribution in [3.8, 4) is 0 Å². The number of carbonyl (C=O) groups is 2. The number of Topliss-reactive ketones (excluding diaryl/α,β-unsaturated/α-hetero) is 1. The van der Waals surface area contributed by atoms with Gasteiger partial charge in [-0.2, -0.15) is 0 Å². The van der Waals surface area contributed by atoms with Gasteiger partial charge >= 0.3 is 5.91 Å². The second kappa shape index (κ2) is 7.14. The molecule has 6 nitrogen and oxygen atoms in total. The van der Waals surface area contributed by atoms with Crippen LogP contribution in [0.15, 0.2) is 59.6 Å². The number of aromatic nitrogens is 2. The van der Waals surface area contributed by atoms with Crippen LogP contribution < -0.4 is 4.90 Å². The Labute approximate surface area is 167 Å². The van der Waals surface area contributed by atoms with Crippen LogP contribution in [0.5, 0.6) is 0 Å². The number of anilines is 1. The molecule has 4 rings (SSSR count). The predicted octanol–water partition coefficient (Wildman–Crippen LogP) is 3.96. The maximum absolute atomic E-state index is 13.3. The zero-order valence-electron chi connectivity index (χ0n) is 14.0. The Morgan fingerprint density at radius 2 is 1.86 bits per heavy atom. The molecule has 1 atom stereocenters. The van der Waals surface area contributed by atoms with Crippen molar-refractivity contribution in [1.29, 1.82) is 0 Å². The lowest BCUT2D eigenvalue weighted by atomic mass is 9.95. The number of halogens is 2. The van der Waals surface area contributed by atoms with Gasteiger partial charge in [0.05, 0.1) is 11.6 Å². The molecule has 1 fully saturated rings. The monoisotopic (exact) mass is 415 g/mol. The summed E-state index contributed by atoms with van der Waals surface area (Å²) in [7, 11) is 0. The van der Waals surface area contributed by atoms with E-state index in [0.29, 0.717) is 10.6 Å². The zero-order valence-corrected chi connectivity index (χ0v) is 15.6. The van der Waals surface area contributed by atoms with Crippen LogP contribution in [0, 0.1) is 5.82 Å². The highest BCUT2D eigenvalue weighted by Gasteiger charge is 2.48. The van der Waals surface area contributed by atoms with E-state index in [1.165, 1.54) is 17.6 Å². The Hall–Kier alpha value is -3.10. The van der Waals surface area contributed by atoms with Gasteiger partial charge in [0.1, 0.15) is 17.1 Å². The van der Waals surface area contributed by atoms with Crippen molar-refractivity contribution < 1.29 is 19.1 Å². The summed E-state index contributed by atoms with van der Waals surface area (Å²) in [6.07, 6.45) is 0. The van der Waals surface area contributed by atoms with Gasteiger partial charge in [-0.15, -0.1) is 10.2 Å². The van der Waals surface area contributed by atoms with Crippen molar-refractivity contribution in [1.82, 2.24) is 10.2 Å². The number of rotatable bonds is 3. The summed E-state index contributed by atoms with van der Waals surface area (Å²) in [6.45, 7) is 0. The highest BCUT2D eigenvalue weighted by atomic mass is 35.5. The normalized spacial score (nSPS) is 18.6. The first kappa shape index (κ1) is 18.3. The fourth-order valence-corrected chi connectivity index (χ4v) is 3.88. The van der Waals surface area contributed by atoms with Crippen LogP contribution >= 0.6 is 22.9 Å². The molecule has 1 unspecified atom stereocenters. The van der Waals surface area contributed by atoms with E-state index >= 15 is 0 Å². The van der Waals surface area contributed by atoms with Crippen molar-refractivity contribution in [2.45, 2.75) is 6.04 Å². The number of carbonyl (C=O) groups excluding carboxylic acids is 2. The Morgan fingerprint density at radius 3 is 2.50 bits per heavy atom. The first-order valence-corrected chi connectivity index (χ1v) is 9.32. The van der Waals surface area contributed by atoms with Gasteiger partial charge < -0.3 is 5.11 Å². The molecule has 2 aromatic carbocycles. The molecule has 28 heavy (non-hydrogen) atoms. The van der Waals surface area contributed by atoms with Gasteiger partial charge in [0.25, 0.3) is 5.78 Å². The molecular formula is C19H11ClFN3O3S. The van der Waals surface area contributed by atoms with Crippen LogP contribution in [-0.4, -0.2) is 27.0 Å². The Bertz CT molecular complexity index is 1100. The maximum atomic E-state index is 13.3. The topological polar surface area (TPSA) is 83.4 Å². The molecule has 0 saturated carbocycles. The van der Waals surface area contributed by atoms with E-state index in [-0.39, 0.29) is 16.3 Å². The molecule has 0 spiro atoms. The van der Waals surface area contributed by atoms with E-state index in [1.807, 2.05) is 0 Å². The van der Waals surface area contributed by atoms with E-state index in [9.17, 15) is 19.1 Å². The van der Waals surface area contributed by atoms with Gasteiger partial charge in [-0.1, -0.05) is 41.1 Å². The van der Waals surface area contributed by atoms with Crippen LogP contribution in [0.1, 0.15) is 17.2 Å². The van der Waals surface area contributed by atoms with E-state index in [4.69, 9.17) is 11.6 Å². The van der Waals surface area contributed by atoms with E-state index in [1.54, 1.807) is 24.3 Å². The van der Waals surface area contributed by atoms with Gasteiger partial charge in [0, 0.05) is 10.6 Å². The number of amides is 1. The van der Waals surface area contributed by atoms with Crippen LogP contribution in [0.2, 0.25) is 5.02 Å². The molecule has 0 aliphatic carbocycles. The molecule has 3 aromatic rings. The molecule has 1 saturated heterocycles. The number of nitrogens with zero attached hydrogens (tertiary/aromatic N) is 3. The second-order valence-corrected chi connectivity index (χ2v) is 7.14.